The van der Waals surface area contributed by atoms with Gasteiger partial charge in [0.05, 0.1) is 51.8 Å². The summed E-state index contributed by atoms with van der Waals surface area (Å²) in [4.78, 5) is 51.4. The van der Waals surface area contributed by atoms with E-state index in [1.165, 1.54) is 52.7 Å². The van der Waals surface area contributed by atoms with Crippen LogP contribution >= 0.6 is 0 Å². The van der Waals surface area contributed by atoms with Crippen LogP contribution in [0.3, 0.4) is 0 Å². The number of amides is 3. The maximum absolute atomic E-state index is 13.5. The van der Waals surface area contributed by atoms with Crippen LogP contribution in [0.2, 0.25) is 0 Å². The van der Waals surface area contributed by atoms with Crippen LogP contribution in [0.5, 0.6) is 28.7 Å². The predicted octanol–water partition coefficient (Wildman–Crippen LogP) is 3.99. The Labute approximate surface area is 242 Å². The van der Waals surface area contributed by atoms with Gasteiger partial charge in [-0.3, -0.25) is 19.2 Å². The number of benzene rings is 3. The largest absolute Gasteiger partial charge is 0.493 e. The van der Waals surface area contributed by atoms with E-state index in [9.17, 15) is 19.2 Å². The van der Waals surface area contributed by atoms with Gasteiger partial charge in [-0.05, 0) is 61.4 Å². The van der Waals surface area contributed by atoms with Crippen LogP contribution in [0.15, 0.2) is 42.5 Å². The topological polar surface area (TPSA) is 151 Å². The zero-order chi connectivity index (χ0) is 30.6. The smallest absolute Gasteiger partial charge is 0.308 e. The number of nitrogens with one attached hydrogen (secondary N) is 3. The maximum atomic E-state index is 13.5. The Hall–Kier alpha value is -5.26. The SMILES string of the molecule is COC(=O)C[C@H]1NC(=O)c2cc(Oc3cc(C)cc(C)c3)c(NC(=O)c3cc(OC)c(OC)c(OC)c3)cc2NC1=O. The number of rotatable bonds is 9. The number of anilines is 2. The Morgan fingerprint density at radius 3 is 2.05 bits per heavy atom. The lowest BCUT2D eigenvalue weighted by Gasteiger charge is -2.17. The molecule has 0 saturated carbocycles. The molecule has 12 nitrogen and oxygen atoms in total. The average Bonchev–Trinajstić information content (AvgIpc) is 3.06. The molecule has 1 aliphatic heterocycles. The Morgan fingerprint density at radius 1 is 0.833 bits per heavy atom. The minimum absolute atomic E-state index is 0.0703. The number of esters is 1. The number of hydrogen-bond acceptors (Lipinski definition) is 9. The molecule has 0 aliphatic carbocycles. The van der Waals surface area contributed by atoms with Crippen LogP contribution in [0.25, 0.3) is 0 Å². The number of methoxy groups -OCH3 is 4. The highest BCUT2D eigenvalue weighted by Crippen LogP contribution is 2.40. The molecule has 0 unspecified atom stereocenters. The van der Waals surface area contributed by atoms with Crippen molar-refractivity contribution in [3.63, 3.8) is 0 Å². The van der Waals surface area contributed by atoms with Gasteiger partial charge < -0.3 is 39.6 Å². The van der Waals surface area contributed by atoms with Crippen molar-refractivity contribution in [3.8, 4) is 28.7 Å². The van der Waals surface area contributed by atoms with Crippen LogP contribution < -0.4 is 34.9 Å². The second-order valence-electron chi connectivity index (χ2n) is 9.48. The standard InChI is InChI=1S/C30H31N3O9/c1-15-7-16(2)9-18(8-15)42-23-12-19-20(31-30(37)22(33-29(19)36)14-26(34)40-5)13-21(23)32-28(35)17-10-24(38-3)27(41-6)25(11-17)39-4/h7-13,22H,14H2,1-6H3,(H,31,37)(H,32,35)(H,33,36)/t22-/m1/s1. The van der Waals surface area contributed by atoms with Crippen LogP contribution in [0, 0.1) is 13.8 Å². The van der Waals surface area contributed by atoms with Gasteiger partial charge in [0.15, 0.2) is 17.2 Å². The van der Waals surface area contributed by atoms with Crippen molar-refractivity contribution >= 4 is 35.1 Å². The predicted molar refractivity (Wildman–Crippen MR) is 153 cm³/mol. The molecule has 0 spiro atoms. The molecule has 1 aliphatic rings. The van der Waals surface area contributed by atoms with Crippen molar-refractivity contribution in [1.29, 1.82) is 0 Å². The first-order valence-electron chi connectivity index (χ1n) is 12.8. The van der Waals surface area contributed by atoms with Crippen LogP contribution in [0.4, 0.5) is 11.4 Å². The average molecular weight is 578 g/mol. The van der Waals surface area contributed by atoms with Gasteiger partial charge in [-0.25, -0.2) is 0 Å². The van der Waals surface area contributed by atoms with E-state index < -0.39 is 29.7 Å². The van der Waals surface area contributed by atoms with Gasteiger partial charge in [0.25, 0.3) is 11.8 Å². The quantitative estimate of drug-likeness (QED) is 0.321. The number of carbonyl (C=O) groups is 4. The van der Waals surface area contributed by atoms with Gasteiger partial charge in [-0.2, -0.15) is 0 Å². The van der Waals surface area contributed by atoms with Crippen molar-refractivity contribution in [2.24, 2.45) is 0 Å². The Morgan fingerprint density at radius 2 is 1.48 bits per heavy atom. The lowest BCUT2D eigenvalue weighted by Crippen LogP contribution is -2.42. The fourth-order valence-corrected chi connectivity index (χ4v) is 4.49. The summed E-state index contributed by atoms with van der Waals surface area (Å²) >= 11 is 0. The third-order valence-corrected chi connectivity index (χ3v) is 6.44. The van der Waals surface area contributed by atoms with E-state index in [-0.39, 0.29) is 46.2 Å². The van der Waals surface area contributed by atoms with Crippen molar-refractivity contribution < 1.29 is 42.9 Å². The molecular formula is C30H31N3O9. The third-order valence-electron chi connectivity index (χ3n) is 6.44. The van der Waals surface area contributed by atoms with Gasteiger partial charge in [-0.15, -0.1) is 0 Å². The molecule has 1 heterocycles. The van der Waals surface area contributed by atoms with E-state index in [2.05, 4.69) is 20.7 Å². The van der Waals surface area contributed by atoms with Gasteiger partial charge in [0.2, 0.25) is 11.7 Å². The second-order valence-corrected chi connectivity index (χ2v) is 9.48. The fraction of sp³-hybridized carbons (Fsp3) is 0.267. The molecule has 0 bridgehead atoms. The Kier molecular flexibility index (Phi) is 8.84. The highest BCUT2D eigenvalue weighted by molar-refractivity contribution is 6.13. The van der Waals surface area contributed by atoms with Gasteiger partial charge in [0.1, 0.15) is 11.8 Å². The van der Waals surface area contributed by atoms with Crippen molar-refractivity contribution in [1.82, 2.24) is 5.32 Å². The fourth-order valence-electron chi connectivity index (χ4n) is 4.49. The van der Waals surface area contributed by atoms with E-state index in [1.54, 1.807) is 12.1 Å². The molecular weight excluding hydrogens is 546 g/mol. The monoisotopic (exact) mass is 577 g/mol. The van der Waals surface area contributed by atoms with Crippen LogP contribution in [-0.2, 0) is 14.3 Å². The number of hydrogen-bond donors (Lipinski definition) is 3. The molecule has 3 aromatic carbocycles. The Bertz CT molecular complexity index is 1520. The van der Waals surface area contributed by atoms with E-state index in [0.717, 1.165) is 11.1 Å². The van der Waals surface area contributed by atoms with E-state index >= 15 is 0 Å². The summed E-state index contributed by atoms with van der Waals surface area (Å²) in [5.41, 5.74) is 2.40. The first kappa shape index (κ1) is 29.7. The van der Waals surface area contributed by atoms with E-state index in [0.29, 0.717) is 11.5 Å². The summed E-state index contributed by atoms with van der Waals surface area (Å²) in [7, 11) is 5.50. The lowest BCUT2D eigenvalue weighted by molar-refractivity contribution is -0.142. The molecule has 0 aromatic heterocycles. The van der Waals surface area contributed by atoms with Crippen molar-refractivity contribution in [2.75, 3.05) is 39.1 Å². The molecule has 3 aromatic rings. The highest BCUT2D eigenvalue weighted by atomic mass is 16.5. The summed E-state index contributed by atoms with van der Waals surface area (Å²) < 4.78 is 26.9. The number of aryl methyl sites for hydroxylation is 2. The zero-order valence-electron chi connectivity index (χ0n) is 24.0. The second kappa shape index (κ2) is 12.5. The molecule has 1 atom stereocenters. The number of fused-ring (bicyclic) bond motifs is 1. The van der Waals surface area contributed by atoms with Crippen molar-refractivity contribution in [2.45, 2.75) is 26.3 Å². The first-order chi connectivity index (χ1) is 20.1. The zero-order valence-corrected chi connectivity index (χ0v) is 24.0. The van der Waals surface area contributed by atoms with Crippen LogP contribution in [-0.4, -0.2) is 58.2 Å². The summed E-state index contributed by atoms with van der Waals surface area (Å²) in [6, 6.07) is 10.2. The molecule has 3 N–H and O–H groups in total. The van der Waals surface area contributed by atoms with Gasteiger partial charge in [0, 0.05) is 5.56 Å². The molecule has 0 radical (unpaired) electrons. The molecule has 220 valence electrons. The third kappa shape index (κ3) is 6.38. The first-order valence-corrected chi connectivity index (χ1v) is 12.8. The maximum Gasteiger partial charge on any atom is 0.308 e. The number of ether oxygens (including phenoxy) is 5. The number of carbonyl (C=O) groups excluding carboxylic acids is 4. The van der Waals surface area contributed by atoms with Gasteiger partial charge in [-0.1, -0.05) is 6.07 Å². The molecule has 4 rings (SSSR count). The minimum Gasteiger partial charge on any atom is -0.493 e. The highest BCUT2D eigenvalue weighted by Gasteiger charge is 2.31. The molecule has 0 fully saturated rings. The molecule has 42 heavy (non-hydrogen) atoms. The van der Waals surface area contributed by atoms with E-state index in [1.807, 2.05) is 19.9 Å². The van der Waals surface area contributed by atoms with Gasteiger partial charge >= 0.3 is 5.97 Å². The summed E-state index contributed by atoms with van der Waals surface area (Å²) in [6.45, 7) is 3.82. The Balaban J connectivity index is 1.78. The molecule has 0 saturated heterocycles. The normalized spacial score (nSPS) is 14.0. The van der Waals surface area contributed by atoms with Crippen molar-refractivity contribution in [3.05, 3.63) is 64.7 Å². The van der Waals surface area contributed by atoms with Crippen LogP contribution in [0.1, 0.15) is 38.3 Å². The lowest BCUT2D eigenvalue weighted by atomic mass is 10.1. The molecule has 3 amide bonds. The summed E-state index contributed by atoms with van der Waals surface area (Å²) in [6.07, 6.45) is -0.362. The summed E-state index contributed by atoms with van der Waals surface area (Å²) in [5, 5.41) is 8.00. The molecule has 12 heteroatoms. The minimum atomic E-state index is -1.17. The summed E-state index contributed by atoms with van der Waals surface area (Å²) in [5.74, 6) is -1.01. The van der Waals surface area contributed by atoms with E-state index in [4.69, 9.17) is 18.9 Å².